The Kier molecular flexibility index (Phi) is 3.97. The predicted molar refractivity (Wildman–Crippen MR) is 42.4 cm³/mol. The van der Waals surface area contributed by atoms with Crippen LogP contribution in [0, 0.1) is 5.92 Å². The van der Waals surface area contributed by atoms with Crippen LogP contribution < -0.4 is 0 Å². The van der Waals surface area contributed by atoms with Gasteiger partial charge >= 0.3 is 0 Å². The van der Waals surface area contributed by atoms with Crippen LogP contribution >= 0.6 is 0 Å². The number of hydrogen-bond donors (Lipinski definition) is 2. The third-order valence-corrected chi connectivity index (χ3v) is 2.74. The van der Waals surface area contributed by atoms with E-state index in [0.717, 1.165) is 0 Å². The van der Waals surface area contributed by atoms with Crippen molar-refractivity contribution in [1.29, 1.82) is 0 Å². The van der Waals surface area contributed by atoms with Gasteiger partial charge in [-0.05, 0) is 0 Å². The average molecular weight is 232 g/mol. The molecule has 2 N–H and O–H groups in total. The van der Waals surface area contributed by atoms with Crippen LogP contribution in [0.25, 0.3) is 0 Å². The van der Waals surface area contributed by atoms with Crippen LogP contribution in [0.2, 0.25) is 0 Å². The topological polar surface area (TPSA) is 126 Å². The molecule has 0 aliphatic rings. The Morgan fingerprint density at radius 2 is 1.31 bits per heavy atom. The molecule has 7 nitrogen and oxygen atoms in total. The fourth-order valence-corrected chi connectivity index (χ4v) is 2.29. The first-order valence-corrected chi connectivity index (χ1v) is 6.21. The second kappa shape index (κ2) is 4.13. The maximum atomic E-state index is 10.2. The highest BCUT2D eigenvalue weighted by atomic mass is 32.2. The van der Waals surface area contributed by atoms with Crippen LogP contribution in [0.3, 0.4) is 0 Å². The molecule has 78 valence electrons. The predicted octanol–water partition coefficient (Wildman–Crippen LogP) is -1.42. The molecule has 0 heterocycles. The van der Waals surface area contributed by atoms with Gasteiger partial charge in [0.2, 0.25) is 0 Å². The lowest BCUT2D eigenvalue weighted by Crippen LogP contribution is -2.24. The summed E-state index contributed by atoms with van der Waals surface area (Å²) in [5, 5.41) is 0. The highest BCUT2D eigenvalue weighted by Gasteiger charge is 2.21. The maximum absolute atomic E-state index is 10.2. The minimum atomic E-state index is -4.41. The molecule has 0 saturated heterocycles. The lowest BCUT2D eigenvalue weighted by molar-refractivity contribution is -0.110. The van der Waals surface area contributed by atoms with Crippen molar-refractivity contribution in [3.8, 4) is 0 Å². The first kappa shape index (κ1) is 12.5. The second-order valence-corrected chi connectivity index (χ2v) is 5.39. The summed E-state index contributed by atoms with van der Waals surface area (Å²) in [5.41, 5.74) is 0. The van der Waals surface area contributed by atoms with E-state index in [2.05, 4.69) is 0 Å². The molecule has 0 bridgehead atoms. The Morgan fingerprint density at radius 1 is 1.00 bits per heavy atom. The quantitative estimate of drug-likeness (QED) is 0.440. The van der Waals surface area contributed by atoms with Gasteiger partial charge in [0.1, 0.15) is 6.29 Å². The van der Waals surface area contributed by atoms with Gasteiger partial charge in [-0.25, -0.2) is 0 Å². The number of hydrogen-bond acceptors (Lipinski definition) is 5. The molecular formula is C4H8O7S2. The van der Waals surface area contributed by atoms with Crippen molar-refractivity contribution in [1.82, 2.24) is 0 Å². The van der Waals surface area contributed by atoms with Crippen molar-refractivity contribution in [3.05, 3.63) is 0 Å². The molecule has 0 aliphatic carbocycles. The average Bonchev–Trinajstić information content (AvgIpc) is 1.79. The molecule has 0 saturated carbocycles. The van der Waals surface area contributed by atoms with Crippen LogP contribution in [0.1, 0.15) is 0 Å². The first-order valence-electron chi connectivity index (χ1n) is 2.99. The Hall–Kier alpha value is -0.510. The molecule has 0 fully saturated rings. The minimum Gasteiger partial charge on any atom is -0.303 e. The largest absolute Gasteiger partial charge is 0.303 e. The second-order valence-electron chi connectivity index (χ2n) is 2.39. The fourth-order valence-electron chi connectivity index (χ4n) is 0.668. The molecule has 0 aromatic carbocycles. The van der Waals surface area contributed by atoms with E-state index in [4.69, 9.17) is 9.11 Å². The van der Waals surface area contributed by atoms with E-state index in [1.807, 2.05) is 0 Å². The van der Waals surface area contributed by atoms with Crippen LogP contribution in [-0.4, -0.2) is 43.7 Å². The van der Waals surface area contributed by atoms with E-state index >= 15 is 0 Å². The van der Waals surface area contributed by atoms with Crippen LogP contribution in [0.5, 0.6) is 0 Å². The van der Waals surface area contributed by atoms with E-state index in [1.165, 1.54) is 0 Å². The van der Waals surface area contributed by atoms with Gasteiger partial charge < -0.3 is 4.79 Å². The van der Waals surface area contributed by atoms with Gasteiger partial charge in [-0.1, -0.05) is 0 Å². The Bertz CT molecular complexity index is 329. The number of carbonyl (C=O) groups is 1. The van der Waals surface area contributed by atoms with Gasteiger partial charge in [0.05, 0.1) is 11.5 Å². The fraction of sp³-hybridized carbons (Fsp3) is 0.750. The van der Waals surface area contributed by atoms with Gasteiger partial charge in [-0.3, -0.25) is 9.11 Å². The smallest absolute Gasteiger partial charge is 0.265 e. The van der Waals surface area contributed by atoms with E-state index in [9.17, 15) is 21.6 Å². The van der Waals surface area contributed by atoms with E-state index in [-0.39, 0.29) is 6.29 Å². The number of carbonyl (C=O) groups excluding carboxylic acids is 1. The third kappa shape index (κ3) is 7.84. The molecule has 9 heteroatoms. The lowest BCUT2D eigenvalue weighted by atomic mass is 10.2. The zero-order chi connectivity index (χ0) is 10.7. The number of rotatable bonds is 5. The van der Waals surface area contributed by atoms with Crippen LogP contribution in [0.15, 0.2) is 0 Å². The summed E-state index contributed by atoms with van der Waals surface area (Å²) in [5.74, 6) is -3.49. The first-order chi connectivity index (χ1) is 5.64. The molecule has 0 aliphatic heterocycles. The Morgan fingerprint density at radius 3 is 1.46 bits per heavy atom. The summed E-state index contributed by atoms with van der Waals surface area (Å²) >= 11 is 0. The van der Waals surface area contributed by atoms with Gasteiger partial charge in [0.25, 0.3) is 20.2 Å². The summed E-state index contributed by atoms with van der Waals surface area (Å²) in [6, 6.07) is 0. The summed E-state index contributed by atoms with van der Waals surface area (Å²) in [7, 11) is -8.83. The Labute approximate surface area is 75.3 Å². The van der Waals surface area contributed by atoms with Crippen molar-refractivity contribution < 1.29 is 30.7 Å². The summed E-state index contributed by atoms with van der Waals surface area (Å²) < 4.78 is 57.3. The zero-order valence-electron chi connectivity index (χ0n) is 6.32. The molecule has 0 amide bonds. The standard InChI is InChI=1S/C4H8O7S2/c5-1-4(2-12(6,7)8)3-13(9,10)11/h1,4H,2-3H2,(H,6,7,8)(H,9,10,11). The highest BCUT2D eigenvalue weighted by Crippen LogP contribution is 2.01. The van der Waals surface area contributed by atoms with Crippen LogP contribution in [0.4, 0.5) is 0 Å². The molecule has 0 rings (SSSR count). The van der Waals surface area contributed by atoms with E-state index in [1.54, 1.807) is 0 Å². The van der Waals surface area contributed by atoms with Crippen molar-refractivity contribution in [2.24, 2.45) is 5.92 Å². The summed E-state index contributed by atoms with van der Waals surface area (Å²) in [4.78, 5) is 10.1. The van der Waals surface area contributed by atoms with Gasteiger partial charge in [0.15, 0.2) is 0 Å². The monoisotopic (exact) mass is 232 g/mol. The molecule has 0 aromatic heterocycles. The molecule has 0 unspecified atom stereocenters. The third-order valence-electron chi connectivity index (χ3n) is 1.04. The van der Waals surface area contributed by atoms with E-state index < -0.39 is 37.7 Å². The van der Waals surface area contributed by atoms with Gasteiger partial charge in [0, 0.05) is 5.92 Å². The van der Waals surface area contributed by atoms with Crippen molar-refractivity contribution in [3.63, 3.8) is 0 Å². The Balaban J connectivity index is 4.48. The van der Waals surface area contributed by atoms with Crippen molar-refractivity contribution in [2.75, 3.05) is 11.5 Å². The lowest BCUT2D eigenvalue weighted by Gasteiger charge is -2.04. The zero-order valence-corrected chi connectivity index (χ0v) is 7.95. The molecular weight excluding hydrogens is 224 g/mol. The van der Waals surface area contributed by atoms with Crippen molar-refractivity contribution in [2.45, 2.75) is 0 Å². The summed E-state index contributed by atoms with van der Waals surface area (Å²) in [6.45, 7) is 0. The molecule has 0 atom stereocenters. The molecule has 0 aromatic rings. The number of aldehydes is 1. The minimum absolute atomic E-state index is 0.0432. The maximum Gasteiger partial charge on any atom is 0.265 e. The van der Waals surface area contributed by atoms with Crippen LogP contribution in [-0.2, 0) is 25.0 Å². The molecule has 0 spiro atoms. The van der Waals surface area contributed by atoms with Gasteiger partial charge in [-0.2, -0.15) is 16.8 Å². The van der Waals surface area contributed by atoms with Gasteiger partial charge in [-0.15, -0.1) is 0 Å². The highest BCUT2D eigenvalue weighted by molar-refractivity contribution is 7.86. The van der Waals surface area contributed by atoms with Crippen molar-refractivity contribution >= 4 is 26.5 Å². The summed E-state index contributed by atoms with van der Waals surface area (Å²) in [6.07, 6.45) is 0.0432. The molecule has 0 radical (unpaired) electrons. The molecule has 13 heavy (non-hydrogen) atoms. The van der Waals surface area contributed by atoms with E-state index in [0.29, 0.717) is 0 Å². The normalized spacial score (nSPS) is 13.2. The SMILES string of the molecule is O=CC(CS(=O)(=O)O)CS(=O)(=O)O.